The average Bonchev–Trinajstić information content (AvgIpc) is 2.91. The van der Waals surface area contributed by atoms with E-state index in [0.29, 0.717) is 5.56 Å². The maximum atomic E-state index is 14.4. The van der Waals surface area contributed by atoms with Crippen LogP contribution in [0.5, 0.6) is 0 Å². The topological polar surface area (TPSA) is 155 Å². The molecular formula is C32H43F2N5O6. The van der Waals surface area contributed by atoms with Gasteiger partial charge in [-0.05, 0) is 71.7 Å². The van der Waals surface area contributed by atoms with Crippen LogP contribution >= 0.6 is 0 Å². The van der Waals surface area contributed by atoms with Crippen LogP contribution < -0.4 is 26.6 Å². The van der Waals surface area contributed by atoms with Crippen LogP contribution in [0.15, 0.2) is 42.5 Å². The molecule has 0 aliphatic heterocycles. The predicted octanol–water partition coefficient (Wildman–Crippen LogP) is 3.57. The Morgan fingerprint density at radius 3 is 2.11 bits per heavy atom. The first-order chi connectivity index (χ1) is 20.9. The van der Waals surface area contributed by atoms with Crippen molar-refractivity contribution in [1.82, 2.24) is 26.6 Å². The van der Waals surface area contributed by atoms with Crippen LogP contribution in [0.3, 0.4) is 0 Å². The van der Waals surface area contributed by atoms with Gasteiger partial charge >= 0.3 is 6.09 Å². The van der Waals surface area contributed by atoms with Crippen molar-refractivity contribution in [2.24, 2.45) is 0 Å². The Bertz CT molecular complexity index is 1370. The van der Waals surface area contributed by atoms with Gasteiger partial charge in [0.25, 0.3) is 5.91 Å². The van der Waals surface area contributed by atoms with E-state index in [1.54, 1.807) is 47.6 Å². The molecule has 13 heteroatoms. The van der Waals surface area contributed by atoms with E-state index in [-0.39, 0.29) is 50.0 Å². The molecule has 0 aliphatic rings. The monoisotopic (exact) mass is 631 g/mol. The maximum Gasteiger partial charge on any atom is 0.407 e. The van der Waals surface area contributed by atoms with E-state index in [0.717, 1.165) is 6.07 Å². The summed E-state index contributed by atoms with van der Waals surface area (Å²) in [5, 5.41) is 12.9. The molecule has 2 rings (SSSR count). The minimum absolute atomic E-state index is 0.0337. The maximum absolute atomic E-state index is 14.4. The van der Waals surface area contributed by atoms with E-state index in [2.05, 4.69) is 26.6 Å². The van der Waals surface area contributed by atoms with Crippen LogP contribution in [-0.2, 0) is 19.1 Å². The summed E-state index contributed by atoms with van der Waals surface area (Å²) in [5.41, 5.74) is -1.00. The molecule has 2 aromatic rings. The molecule has 0 unspecified atom stereocenters. The lowest BCUT2D eigenvalue weighted by atomic mass is 10.0. The molecule has 0 aromatic heterocycles. The van der Waals surface area contributed by atoms with Crippen molar-refractivity contribution in [2.75, 3.05) is 19.6 Å². The molecule has 0 bridgehead atoms. The molecule has 0 saturated carbocycles. The van der Waals surface area contributed by atoms with E-state index in [1.807, 2.05) is 0 Å². The molecule has 0 heterocycles. The number of benzene rings is 2. The number of alkyl carbamates (subject to hydrolysis) is 1. The van der Waals surface area contributed by atoms with Gasteiger partial charge in [0.1, 0.15) is 23.3 Å². The summed E-state index contributed by atoms with van der Waals surface area (Å²) in [4.78, 5) is 62.5. The zero-order valence-electron chi connectivity index (χ0n) is 26.6. The Labute approximate surface area is 262 Å². The highest BCUT2D eigenvalue weighted by molar-refractivity contribution is 5.96. The highest BCUT2D eigenvalue weighted by Gasteiger charge is 2.26. The number of carbonyl (C=O) groups is 5. The molecule has 5 N–H and O–H groups in total. The van der Waals surface area contributed by atoms with Gasteiger partial charge < -0.3 is 31.3 Å². The summed E-state index contributed by atoms with van der Waals surface area (Å²) < 4.78 is 33.8. The van der Waals surface area contributed by atoms with Gasteiger partial charge in [0, 0.05) is 37.2 Å². The smallest absolute Gasteiger partial charge is 0.407 e. The summed E-state index contributed by atoms with van der Waals surface area (Å²) >= 11 is 0. The molecule has 0 fully saturated rings. The number of hydrogen-bond donors (Lipinski definition) is 5. The van der Waals surface area contributed by atoms with Gasteiger partial charge in [-0.15, -0.1) is 0 Å². The largest absolute Gasteiger partial charge is 0.444 e. The lowest BCUT2D eigenvalue weighted by molar-refractivity contribution is -0.132. The van der Waals surface area contributed by atoms with E-state index < -0.39 is 58.5 Å². The fourth-order valence-corrected chi connectivity index (χ4v) is 4.03. The highest BCUT2D eigenvalue weighted by atomic mass is 19.1. The number of halogens is 2. The van der Waals surface area contributed by atoms with Crippen LogP contribution in [0, 0.1) is 11.6 Å². The fourth-order valence-electron chi connectivity index (χ4n) is 4.03. The third-order valence-electron chi connectivity index (χ3n) is 5.91. The zero-order chi connectivity index (χ0) is 33.8. The first-order valence-electron chi connectivity index (χ1n) is 14.6. The minimum Gasteiger partial charge on any atom is -0.444 e. The second-order valence-electron chi connectivity index (χ2n) is 12.4. The summed E-state index contributed by atoms with van der Waals surface area (Å²) in [6.07, 6.45) is -0.736. The summed E-state index contributed by atoms with van der Waals surface area (Å²) in [7, 11) is 0. The van der Waals surface area contributed by atoms with Crippen molar-refractivity contribution in [3.8, 4) is 11.1 Å². The Kier molecular flexibility index (Phi) is 13.4. The Morgan fingerprint density at radius 2 is 1.47 bits per heavy atom. The normalized spacial score (nSPS) is 12.0. The molecule has 0 spiro atoms. The molecule has 2 aromatic carbocycles. The number of hydrogen-bond acceptors (Lipinski definition) is 6. The number of carbonyl (C=O) groups excluding carboxylic acids is 5. The van der Waals surface area contributed by atoms with Crippen LogP contribution in [0.4, 0.5) is 13.6 Å². The molecule has 246 valence electrons. The van der Waals surface area contributed by atoms with Crippen LogP contribution in [-0.4, -0.2) is 66.5 Å². The number of nitrogens with one attached hydrogen (secondary N) is 5. The number of rotatable bonds is 13. The minimum atomic E-state index is -1.22. The second-order valence-corrected chi connectivity index (χ2v) is 12.4. The van der Waals surface area contributed by atoms with Gasteiger partial charge in [0.15, 0.2) is 0 Å². The van der Waals surface area contributed by atoms with E-state index in [1.165, 1.54) is 30.3 Å². The van der Waals surface area contributed by atoms with Gasteiger partial charge in [-0.3, -0.25) is 19.2 Å². The summed E-state index contributed by atoms with van der Waals surface area (Å²) in [6, 6.07) is 8.37. The Hall–Kier alpha value is -4.55. The van der Waals surface area contributed by atoms with E-state index in [9.17, 15) is 32.8 Å². The summed E-state index contributed by atoms with van der Waals surface area (Å²) in [5.74, 6) is -3.73. The molecule has 1 atom stereocenters. The van der Waals surface area contributed by atoms with Crippen LogP contribution in [0.1, 0.15) is 71.2 Å². The SMILES string of the molecule is CC(C)(C)NC(=O)C[C@H](NC(=O)CCCNC(=O)OC(C)(C)C)C(=O)NCCNC(=O)c1cc(-c2ccccc2F)ccc1F. The van der Waals surface area contributed by atoms with Crippen molar-refractivity contribution in [2.45, 2.75) is 78.0 Å². The van der Waals surface area contributed by atoms with Gasteiger partial charge in [0.2, 0.25) is 17.7 Å². The van der Waals surface area contributed by atoms with E-state index in [4.69, 9.17) is 4.74 Å². The average molecular weight is 632 g/mol. The number of ether oxygens (including phenoxy) is 1. The molecule has 0 aliphatic carbocycles. The molecule has 0 radical (unpaired) electrons. The third-order valence-corrected chi connectivity index (χ3v) is 5.91. The third kappa shape index (κ3) is 13.7. The van der Waals surface area contributed by atoms with Crippen molar-refractivity contribution in [1.29, 1.82) is 0 Å². The molecule has 5 amide bonds. The Balaban J connectivity index is 1.94. The quantitative estimate of drug-likeness (QED) is 0.213. The van der Waals surface area contributed by atoms with Gasteiger partial charge in [-0.25, -0.2) is 13.6 Å². The Morgan fingerprint density at radius 1 is 0.800 bits per heavy atom. The predicted molar refractivity (Wildman–Crippen MR) is 165 cm³/mol. The first-order valence-corrected chi connectivity index (χ1v) is 14.6. The van der Waals surface area contributed by atoms with Crippen molar-refractivity contribution in [3.63, 3.8) is 0 Å². The fraction of sp³-hybridized carbons (Fsp3) is 0.469. The van der Waals surface area contributed by atoms with Gasteiger partial charge in [-0.1, -0.05) is 24.3 Å². The molecule has 45 heavy (non-hydrogen) atoms. The second kappa shape index (κ2) is 16.5. The highest BCUT2D eigenvalue weighted by Crippen LogP contribution is 2.24. The van der Waals surface area contributed by atoms with Crippen molar-refractivity contribution < 1.29 is 37.5 Å². The molecular weight excluding hydrogens is 588 g/mol. The van der Waals surface area contributed by atoms with Crippen LogP contribution in [0.2, 0.25) is 0 Å². The van der Waals surface area contributed by atoms with Crippen molar-refractivity contribution >= 4 is 29.7 Å². The molecule has 0 saturated heterocycles. The first kappa shape index (κ1) is 36.6. The van der Waals surface area contributed by atoms with Crippen LogP contribution in [0.25, 0.3) is 11.1 Å². The van der Waals surface area contributed by atoms with Gasteiger partial charge in [-0.2, -0.15) is 0 Å². The van der Waals surface area contributed by atoms with Crippen molar-refractivity contribution in [3.05, 3.63) is 59.7 Å². The number of amides is 5. The summed E-state index contributed by atoms with van der Waals surface area (Å²) in [6.45, 7) is 10.5. The molecule has 11 nitrogen and oxygen atoms in total. The van der Waals surface area contributed by atoms with E-state index >= 15 is 0 Å². The zero-order valence-corrected chi connectivity index (χ0v) is 26.6. The lowest BCUT2D eigenvalue weighted by Crippen LogP contribution is -2.51. The lowest BCUT2D eigenvalue weighted by Gasteiger charge is -2.23. The standard InChI is InChI=1S/C32H43F2N5O6/c1-31(2,3)39-27(41)19-25(38-26(40)12-9-15-37-30(44)45-32(4,5)6)29(43)36-17-16-35-28(42)22-18-20(13-14-24(22)34)21-10-7-8-11-23(21)33/h7-8,10-11,13-14,18,25H,9,12,15-17,19H2,1-6H3,(H,35,42)(H,36,43)(H,37,44)(H,38,40)(H,39,41)/t25-/m0/s1. The van der Waals surface area contributed by atoms with Gasteiger partial charge in [0.05, 0.1) is 12.0 Å².